The Hall–Kier alpha value is -3.19. The Balaban J connectivity index is 1.71. The van der Waals surface area contributed by atoms with Gasteiger partial charge in [0.25, 0.3) is 0 Å². The summed E-state index contributed by atoms with van der Waals surface area (Å²) in [6.07, 6.45) is 3.20. The molecule has 7 nitrogen and oxygen atoms in total. The van der Waals surface area contributed by atoms with E-state index in [0.29, 0.717) is 31.2 Å². The molecule has 29 heavy (non-hydrogen) atoms. The third-order valence-corrected chi connectivity index (χ3v) is 4.71. The number of likely N-dealkylation sites (N-methyl/N-ethyl adjacent to an activating group) is 1. The van der Waals surface area contributed by atoms with Crippen molar-refractivity contribution in [2.75, 3.05) is 27.7 Å². The first kappa shape index (κ1) is 20.5. The summed E-state index contributed by atoms with van der Waals surface area (Å²) in [5.74, 6) is 2.21. The zero-order valence-corrected chi connectivity index (χ0v) is 17.0. The number of urea groups is 1. The van der Waals surface area contributed by atoms with Gasteiger partial charge in [0, 0.05) is 12.1 Å². The lowest BCUT2D eigenvalue weighted by atomic mass is 10.0. The SMILES string of the molecule is COc1ccccc1C(CNC(=O)N(Cc1ccco1)Cc1ccco1)N(C)C. The van der Waals surface area contributed by atoms with Gasteiger partial charge in [-0.25, -0.2) is 4.79 Å². The molecule has 2 aromatic heterocycles. The van der Waals surface area contributed by atoms with Crippen LogP contribution in [0.4, 0.5) is 4.79 Å². The van der Waals surface area contributed by atoms with Crippen molar-refractivity contribution in [1.82, 2.24) is 15.1 Å². The molecule has 154 valence electrons. The van der Waals surface area contributed by atoms with Crippen LogP contribution in [0.15, 0.2) is 69.9 Å². The van der Waals surface area contributed by atoms with Crippen LogP contribution in [0, 0.1) is 0 Å². The van der Waals surface area contributed by atoms with E-state index < -0.39 is 0 Å². The van der Waals surface area contributed by atoms with Crippen LogP contribution in [-0.4, -0.2) is 43.6 Å². The molecule has 0 fully saturated rings. The third kappa shape index (κ3) is 5.42. The Bertz CT molecular complexity index is 839. The molecule has 0 aliphatic rings. The van der Waals surface area contributed by atoms with Gasteiger partial charge in [-0.3, -0.25) is 0 Å². The standard InChI is InChI=1S/C22H27N3O4/c1-24(2)20(19-10-4-5-11-21(19)27-3)14-23-22(26)25(15-17-8-6-12-28-17)16-18-9-7-13-29-18/h4-13,20H,14-16H2,1-3H3,(H,23,26). The van der Waals surface area contributed by atoms with E-state index in [-0.39, 0.29) is 12.1 Å². The van der Waals surface area contributed by atoms with Crippen LogP contribution in [0.2, 0.25) is 0 Å². The van der Waals surface area contributed by atoms with E-state index in [1.165, 1.54) is 0 Å². The molecule has 1 atom stereocenters. The fraction of sp³-hybridized carbons (Fsp3) is 0.318. The first-order valence-electron chi connectivity index (χ1n) is 9.45. The van der Waals surface area contributed by atoms with Crippen molar-refractivity contribution >= 4 is 6.03 Å². The molecular weight excluding hydrogens is 370 g/mol. The average molecular weight is 397 g/mol. The smallest absolute Gasteiger partial charge is 0.318 e. The molecule has 0 saturated heterocycles. The molecule has 1 N–H and O–H groups in total. The maximum absolute atomic E-state index is 13.0. The predicted molar refractivity (Wildman–Crippen MR) is 109 cm³/mol. The number of amides is 2. The van der Waals surface area contributed by atoms with Crippen LogP contribution in [0.3, 0.4) is 0 Å². The van der Waals surface area contributed by atoms with E-state index >= 15 is 0 Å². The third-order valence-electron chi connectivity index (χ3n) is 4.71. The number of carbonyl (C=O) groups is 1. The summed E-state index contributed by atoms with van der Waals surface area (Å²) in [4.78, 5) is 16.7. The first-order chi connectivity index (χ1) is 14.1. The Morgan fingerprint density at radius 3 is 2.14 bits per heavy atom. The summed E-state index contributed by atoms with van der Waals surface area (Å²) >= 11 is 0. The van der Waals surface area contributed by atoms with Crippen molar-refractivity contribution in [3.8, 4) is 5.75 Å². The quantitative estimate of drug-likeness (QED) is 0.593. The maximum Gasteiger partial charge on any atom is 0.318 e. The van der Waals surface area contributed by atoms with Gasteiger partial charge in [-0.05, 0) is 44.4 Å². The predicted octanol–water partition coefficient (Wildman–Crippen LogP) is 3.90. The van der Waals surface area contributed by atoms with Crippen LogP contribution in [0.25, 0.3) is 0 Å². The molecule has 1 aromatic carbocycles. The highest BCUT2D eigenvalue weighted by molar-refractivity contribution is 5.74. The highest BCUT2D eigenvalue weighted by Gasteiger charge is 2.22. The van der Waals surface area contributed by atoms with Gasteiger partial charge in [-0.2, -0.15) is 0 Å². The molecular formula is C22H27N3O4. The summed E-state index contributed by atoms with van der Waals surface area (Å²) < 4.78 is 16.3. The number of methoxy groups -OCH3 is 1. The lowest BCUT2D eigenvalue weighted by Gasteiger charge is -2.28. The molecule has 2 amide bonds. The number of ether oxygens (including phenoxy) is 1. The molecule has 0 spiro atoms. The highest BCUT2D eigenvalue weighted by Crippen LogP contribution is 2.27. The fourth-order valence-electron chi connectivity index (χ4n) is 3.19. The van der Waals surface area contributed by atoms with Gasteiger partial charge in [0.15, 0.2) is 0 Å². The summed E-state index contributed by atoms with van der Waals surface area (Å²) in [6.45, 7) is 1.13. The fourth-order valence-corrected chi connectivity index (χ4v) is 3.19. The van der Waals surface area contributed by atoms with Crippen molar-refractivity contribution in [1.29, 1.82) is 0 Å². The van der Waals surface area contributed by atoms with Crippen LogP contribution < -0.4 is 10.1 Å². The van der Waals surface area contributed by atoms with Gasteiger partial charge in [0.05, 0.1) is 38.8 Å². The molecule has 0 saturated carbocycles. The second-order valence-corrected chi connectivity index (χ2v) is 6.92. The molecule has 0 radical (unpaired) electrons. The Morgan fingerprint density at radius 2 is 1.62 bits per heavy atom. The van der Waals surface area contributed by atoms with Crippen molar-refractivity contribution in [3.05, 3.63) is 78.1 Å². The molecule has 3 rings (SSSR count). The number of nitrogens with one attached hydrogen (secondary N) is 1. The zero-order valence-electron chi connectivity index (χ0n) is 17.0. The second kappa shape index (κ2) is 9.84. The monoisotopic (exact) mass is 397 g/mol. The van der Waals surface area contributed by atoms with E-state index in [9.17, 15) is 4.79 Å². The van der Waals surface area contributed by atoms with E-state index in [1.807, 2.05) is 62.6 Å². The zero-order chi connectivity index (χ0) is 20.6. The van der Waals surface area contributed by atoms with Crippen LogP contribution in [-0.2, 0) is 13.1 Å². The van der Waals surface area contributed by atoms with Crippen molar-refractivity contribution in [2.45, 2.75) is 19.1 Å². The van der Waals surface area contributed by atoms with E-state index in [4.69, 9.17) is 13.6 Å². The summed E-state index contributed by atoms with van der Waals surface area (Å²) in [7, 11) is 5.61. The molecule has 0 aliphatic carbocycles. The van der Waals surface area contributed by atoms with E-state index in [0.717, 1.165) is 11.3 Å². The summed E-state index contributed by atoms with van der Waals surface area (Å²) in [5.41, 5.74) is 1.02. The number of para-hydroxylation sites is 1. The number of hydrogen-bond acceptors (Lipinski definition) is 5. The molecule has 2 heterocycles. The van der Waals surface area contributed by atoms with Crippen molar-refractivity contribution in [3.63, 3.8) is 0 Å². The molecule has 0 bridgehead atoms. The normalized spacial score (nSPS) is 12.0. The highest BCUT2D eigenvalue weighted by atomic mass is 16.5. The largest absolute Gasteiger partial charge is 0.496 e. The minimum absolute atomic E-state index is 0.0378. The molecule has 0 aliphatic heterocycles. The number of furan rings is 2. The average Bonchev–Trinajstić information content (AvgIpc) is 3.42. The van der Waals surface area contributed by atoms with Gasteiger partial charge in [-0.1, -0.05) is 18.2 Å². The van der Waals surface area contributed by atoms with Gasteiger partial charge in [-0.15, -0.1) is 0 Å². The first-order valence-corrected chi connectivity index (χ1v) is 9.45. The van der Waals surface area contributed by atoms with Crippen LogP contribution in [0.1, 0.15) is 23.1 Å². The van der Waals surface area contributed by atoms with Gasteiger partial charge < -0.3 is 28.7 Å². The lowest BCUT2D eigenvalue weighted by molar-refractivity contribution is 0.177. The summed E-state index contributed by atoms with van der Waals surface area (Å²) in [6, 6.07) is 14.9. The Kier molecular flexibility index (Phi) is 6.97. The van der Waals surface area contributed by atoms with Crippen molar-refractivity contribution in [2.24, 2.45) is 0 Å². The van der Waals surface area contributed by atoms with E-state index in [1.54, 1.807) is 24.5 Å². The number of hydrogen-bond donors (Lipinski definition) is 1. The number of nitrogens with zero attached hydrogens (tertiary/aromatic N) is 2. The minimum atomic E-state index is -0.195. The Labute approximate surface area is 170 Å². The Morgan fingerprint density at radius 1 is 1.00 bits per heavy atom. The second-order valence-electron chi connectivity index (χ2n) is 6.92. The number of rotatable bonds is 9. The number of benzene rings is 1. The number of carbonyl (C=O) groups excluding carboxylic acids is 1. The maximum atomic E-state index is 13.0. The summed E-state index contributed by atoms with van der Waals surface area (Å²) in [5, 5.41) is 3.05. The molecule has 1 unspecified atom stereocenters. The van der Waals surface area contributed by atoms with Gasteiger partial charge in [0.1, 0.15) is 17.3 Å². The van der Waals surface area contributed by atoms with Gasteiger partial charge >= 0.3 is 6.03 Å². The molecule has 7 heteroatoms. The van der Waals surface area contributed by atoms with Gasteiger partial charge in [0.2, 0.25) is 0 Å². The molecule has 3 aromatic rings. The minimum Gasteiger partial charge on any atom is -0.496 e. The topological polar surface area (TPSA) is 71.1 Å². The van der Waals surface area contributed by atoms with Crippen LogP contribution >= 0.6 is 0 Å². The van der Waals surface area contributed by atoms with Crippen LogP contribution in [0.5, 0.6) is 5.75 Å². The van der Waals surface area contributed by atoms with E-state index in [2.05, 4.69) is 10.2 Å². The lowest BCUT2D eigenvalue weighted by Crippen LogP contribution is -2.42. The van der Waals surface area contributed by atoms with Crippen molar-refractivity contribution < 1.29 is 18.4 Å².